The molecule has 76 valence electrons. The highest BCUT2D eigenvalue weighted by atomic mass is 16.1. The third kappa shape index (κ3) is 1.69. The molecule has 2 N–H and O–H groups in total. The van der Waals surface area contributed by atoms with Crippen molar-refractivity contribution in [3.63, 3.8) is 0 Å². The van der Waals surface area contributed by atoms with Gasteiger partial charge in [0, 0.05) is 12.4 Å². The van der Waals surface area contributed by atoms with Crippen LogP contribution in [0.2, 0.25) is 0 Å². The number of amides is 1. The number of imidazole rings is 1. The van der Waals surface area contributed by atoms with E-state index in [1.54, 1.807) is 23.0 Å². The molecule has 6 nitrogen and oxygen atoms in total. The van der Waals surface area contributed by atoms with Crippen LogP contribution in [0.3, 0.4) is 0 Å². The molecule has 0 aromatic carbocycles. The van der Waals surface area contributed by atoms with Crippen molar-refractivity contribution < 1.29 is 4.79 Å². The topological polar surface area (TPSA) is 86.7 Å². The first-order valence-corrected chi connectivity index (χ1v) is 4.32. The molecule has 6 heteroatoms. The van der Waals surface area contributed by atoms with E-state index >= 15 is 0 Å². The van der Waals surface area contributed by atoms with Crippen molar-refractivity contribution >= 4 is 5.91 Å². The van der Waals surface area contributed by atoms with Crippen LogP contribution in [-0.2, 0) is 0 Å². The summed E-state index contributed by atoms with van der Waals surface area (Å²) < 4.78 is 1.76. The molecule has 0 saturated carbocycles. The van der Waals surface area contributed by atoms with Gasteiger partial charge in [-0.25, -0.2) is 4.98 Å². The van der Waals surface area contributed by atoms with Gasteiger partial charge >= 0.3 is 0 Å². The summed E-state index contributed by atoms with van der Waals surface area (Å²) in [7, 11) is 0. The minimum absolute atomic E-state index is 0.150. The lowest BCUT2D eigenvalue weighted by atomic mass is 10.4. The van der Waals surface area contributed by atoms with E-state index in [0.29, 0.717) is 5.82 Å². The predicted octanol–water partition coefficient (Wildman–Crippen LogP) is 0.0696. The molecule has 0 fully saturated rings. The lowest BCUT2D eigenvalue weighted by Gasteiger charge is -2.02. The lowest BCUT2D eigenvalue weighted by Crippen LogP contribution is -2.14. The molecule has 0 bridgehead atoms. The number of hydrogen-bond acceptors (Lipinski definition) is 4. The highest BCUT2D eigenvalue weighted by Gasteiger charge is 2.05. The van der Waals surface area contributed by atoms with Gasteiger partial charge in [-0.1, -0.05) is 0 Å². The largest absolute Gasteiger partial charge is 0.364 e. The van der Waals surface area contributed by atoms with Crippen LogP contribution in [0, 0.1) is 6.92 Å². The van der Waals surface area contributed by atoms with Crippen LogP contribution < -0.4 is 5.73 Å². The molecule has 0 atom stereocenters. The van der Waals surface area contributed by atoms with Crippen molar-refractivity contribution in [2.24, 2.45) is 5.73 Å². The molecular weight excluding hydrogens is 194 g/mol. The Morgan fingerprint density at radius 3 is 2.67 bits per heavy atom. The number of aromatic nitrogens is 4. The Balaban J connectivity index is 2.40. The normalized spacial score (nSPS) is 10.2. The van der Waals surface area contributed by atoms with E-state index in [1.165, 1.54) is 6.07 Å². The van der Waals surface area contributed by atoms with Crippen LogP contribution in [0.4, 0.5) is 0 Å². The van der Waals surface area contributed by atoms with E-state index < -0.39 is 5.91 Å². The zero-order valence-electron chi connectivity index (χ0n) is 8.08. The van der Waals surface area contributed by atoms with Crippen LogP contribution >= 0.6 is 0 Å². The number of nitrogens with two attached hydrogens (primary N) is 1. The van der Waals surface area contributed by atoms with Crippen molar-refractivity contribution in [3.05, 3.63) is 36.0 Å². The summed E-state index contributed by atoms with van der Waals surface area (Å²) in [5, 5.41) is 7.58. The zero-order chi connectivity index (χ0) is 10.8. The fourth-order valence-corrected chi connectivity index (χ4v) is 1.21. The molecule has 0 radical (unpaired) electrons. The standard InChI is InChI=1S/C9H9N5O/c1-6-11-4-5-14(6)8-3-2-7(9(10)15)12-13-8/h2-5H,1H3,(H2,10,15). The van der Waals surface area contributed by atoms with E-state index in [9.17, 15) is 4.79 Å². The first kappa shape index (κ1) is 9.32. The second kappa shape index (κ2) is 3.49. The van der Waals surface area contributed by atoms with Gasteiger partial charge in [-0.3, -0.25) is 9.36 Å². The van der Waals surface area contributed by atoms with E-state index in [2.05, 4.69) is 15.2 Å². The summed E-state index contributed by atoms with van der Waals surface area (Å²) in [4.78, 5) is 14.8. The highest BCUT2D eigenvalue weighted by Crippen LogP contribution is 2.05. The van der Waals surface area contributed by atoms with Crippen LogP contribution in [0.1, 0.15) is 16.3 Å². The number of primary amides is 1. The molecule has 0 saturated heterocycles. The van der Waals surface area contributed by atoms with Crippen LogP contribution in [-0.4, -0.2) is 25.7 Å². The lowest BCUT2D eigenvalue weighted by molar-refractivity contribution is 0.0994. The van der Waals surface area contributed by atoms with E-state index in [0.717, 1.165) is 5.82 Å². The fraction of sp³-hybridized carbons (Fsp3) is 0.111. The Bertz CT molecular complexity index is 487. The Morgan fingerprint density at radius 2 is 2.20 bits per heavy atom. The summed E-state index contributed by atoms with van der Waals surface area (Å²) in [5.74, 6) is 0.822. The molecule has 2 aromatic heterocycles. The van der Waals surface area contributed by atoms with Gasteiger partial charge in [0.2, 0.25) is 0 Å². The quantitative estimate of drug-likeness (QED) is 0.748. The average molecular weight is 203 g/mol. The molecule has 15 heavy (non-hydrogen) atoms. The third-order valence-electron chi connectivity index (χ3n) is 1.98. The SMILES string of the molecule is Cc1nccn1-c1ccc(C(N)=O)nn1. The van der Waals surface area contributed by atoms with Crippen molar-refractivity contribution in [2.75, 3.05) is 0 Å². The van der Waals surface area contributed by atoms with Gasteiger partial charge in [-0.15, -0.1) is 10.2 Å². The highest BCUT2D eigenvalue weighted by molar-refractivity contribution is 5.90. The Labute approximate surface area is 85.8 Å². The molecule has 0 aliphatic carbocycles. The summed E-state index contributed by atoms with van der Waals surface area (Å²) in [5.41, 5.74) is 5.20. The van der Waals surface area contributed by atoms with Gasteiger partial charge in [0.25, 0.3) is 5.91 Å². The van der Waals surface area contributed by atoms with Gasteiger partial charge < -0.3 is 5.73 Å². The van der Waals surface area contributed by atoms with Gasteiger partial charge in [0.05, 0.1) is 0 Å². The van der Waals surface area contributed by atoms with Crippen molar-refractivity contribution in [3.8, 4) is 5.82 Å². The van der Waals surface area contributed by atoms with E-state index in [1.807, 2.05) is 6.92 Å². The first-order chi connectivity index (χ1) is 7.18. The average Bonchev–Trinajstić information content (AvgIpc) is 2.65. The van der Waals surface area contributed by atoms with Gasteiger partial charge in [-0.05, 0) is 19.1 Å². The maximum absolute atomic E-state index is 10.8. The number of aryl methyl sites for hydroxylation is 1. The monoisotopic (exact) mass is 203 g/mol. The molecular formula is C9H9N5O. The van der Waals surface area contributed by atoms with Crippen LogP contribution in [0.25, 0.3) is 5.82 Å². The number of nitrogens with zero attached hydrogens (tertiary/aromatic N) is 4. The smallest absolute Gasteiger partial charge is 0.269 e. The molecule has 0 spiro atoms. The summed E-state index contributed by atoms with van der Waals surface area (Å²) in [6.45, 7) is 1.85. The zero-order valence-corrected chi connectivity index (χ0v) is 8.08. The van der Waals surface area contributed by atoms with Gasteiger partial charge in [0.1, 0.15) is 5.82 Å². The number of rotatable bonds is 2. The van der Waals surface area contributed by atoms with Gasteiger partial charge in [-0.2, -0.15) is 0 Å². The summed E-state index contributed by atoms with van der Waals surface area (Å²) >= 11 is 0. The second-order valence-electron chi connectivity index (χ2n) is 2.99. The molecule has 2 heterocycles. The number of carbonyl (C=O) groups is 1. The number of hydrogen-bond donors (Lipinski definition) is 1. The van der Waals surface area contributed by atoms with Gasteiger partial charge in [0.15, 0.2) is 11.5 Å². The van der Waals surface area contributed by atoms with Crippen molar-refractivity contribution in [2.45, 2.75) is 6.92 Å². The minimum Gasteiger partial charge on any atom is -0.364 e. The summed E-state index contributed by atoms with van der Waals surface area (Å²) in [6, 6.07) is 3.20. The number of carbonyl (C=O) groups excluding carboxylic acids is 1. The molecule has 2 aromatic rings. The third-order valence-corrected chi connectivity index (χ3v) is 1.98. The predicted molar refractivity (Wildman–Crippen MR) is 52.4 cm³/mol. The van der Waals surface area contributed by atoms with Crippen molar-refractivity contribution in [1.82, 2.24) is 19.7 Å². The Morgan fingerprint density at radius 1 is 1.40 bits per heavy atom. The van der Waals surface area contributed by atoms with Crippen LogP contribution in [0.15, 0.2) is 24.5 Å². The van der Waals surface area contributed by atoms with Crippen LogP contribution in [0.5, 0.6) is 0 Å². The molecule has 0 unspecified atom stereocenters. The maximum Gasteiger partial charge on any atom is 0.269 e. The molecule has 0 aliphatic heterocycles. The molecule has 0 aliphatic rings. The maximum atomic E-state index is 10.8. The summed E-state index contributed by atoms with van der Waals surface area (Å²) in [6.07, 6.45) is 3.43. The fourth-order valence-electron chi connectivity index (χ4n) is 1.21. The Hall–Kier alpha value is -2.24. The first-order valence-electron chi connectivity index (χ1n) is 4.32. The molecule has 2 rings (SSSR count). The second-order valence-corrected chi connectivity index (χ2v) is 2.99. The Kier molecular flexibility index (Phi) is 2.17. The van der Waals surface area contributed by atoms with E-state index in [4.69, 9.17) is 5.73 Å². The van der Waals surface area contributed by atoms with Crippen molar-refractivity contribution in [1.29, 1.82) is 0 Å². The van der Waals surface area contributed by atoms with E-state index in [-0.39, 0.29) is 5.69 Å². The molecule has 1 amide bonds. The minimum atomic E-state index is -0.587.